The normalized spacial score (nSPS) is 10.4. The van der Waals surface area contributed by atoms with Crippen LogP contribution in [0.5, 0.6) is 5.75 Å². The summed E-state index contributed by atoms with van der Waals surface area (Å²) in [5, 5.41) is 3.89. The Labute approximate surface area is 124 Å². The van der Waals surface area contributed by atoms with Crippen LogP contribution in [0.2, 0.25) is 0 Å². The molecule has 5 nitrogen and oxygen atoms in total. The SMILES string of the molecule is COc1cccc(CCC(=O)N(C)Cc2cc(C)on2)c1. The molecular weight excluding hydrogens is 268 g/mol. The number of hydrogen-bond donors (Lipinski definition) is 0. The first-order chi connectivity index (χ1) is 10.1. The van der Waals surface area contributed by atoms with E-state index in [1.807, 2.05) is 37.3 Å². The third-order valence-electron chi connectivity index (χ3n) is 3.26. The smallest absolute Gasteiger partial charge is 0.222 e. The maximum Gasteiger partial charge on any atom is 0.222 e. The molecule has 5 heteroatoms. The van der Waals surface area contributed by atoms with Crippen LogP contribution >= 0.6 is 0 Å². The molecule has 2 aromatic rings. The highest BCUT2D eigenvalue weighted by atomic mass is 16.5. The Bertz CT molecular complexity index is 607. The fourth-order valence-corrected chi connectivity index (χ4v) is 2.09. The zero-order valence-corrected chi connectivity index (χ0v) is 12.6. The fourth-order valence-electron chi connectivity index (χ4n) is 2.09. The molecule has 112 valence electrons. The predicted octanol–water partition coefficient (Wildman–Crippen LogP) is 2.58. The van der Waals surface area contributed by atoms with E-state index in [9.17, 15) is 4.79 Å². The van der Waals surface area contributed by atoms with Crippen molar-refractivity contribution in [3.05, 3.63) is 47.3 Å². The Hall–Kier alpha value is -2.30. The number of ether oxygens (including phenoxy) is 1. The summed E-state index contributed by atoms with van der Waals surface area (Å²) >= 11 is 0. The van der Waals surface area contributed by atoms with Crippen LogP contribution in [-0.2, 0) is 17.8 Å². The topological polar surface area (TPSA) is 55.6 Å². The first kappa shape index (κ1) is 15.1. The second-order valence-electron chi connectivity index (χ2n) is 5.03. The van der Waals surface area contributed by atoms with Crippen LogP contribution in [-0.4, -0.2) is 30.1 Å². The maximum atomic E-state index is 12.1. The minimum atomic E-state index is 0.0819. The second kappa shape index (κ2) is 6.92. The number of nitrogens with zero attached hydrogens (tertiary/aromatic N) is 2. The number of rotatable bonds is 6. The molecule has 2 rings (SSSR count). The monoisotopic (exact) mass is 288 g/mol. The van der Waals surface area contributed by atoms with E-state index in [0.29, 0.717) is 19.4 Å². The Morgan fingerprint density at radius 1 is 1.38 bits per heavy atom. The number of benzene rings is 1. The molecule has 0 aliphatic rings. The molecule has 0 radical (unpaired) electrons. The van der Waals surface area contributed by atoms with Crippen molar-refractivity contribution in [1.29, 1.82) is 0 Å². The van der Waals surface area contributed by atoms with Crippen molar-refractivity contribution in [1.82, 2.24) is 10.1 Å². The van der Waals surface area contributed by atoms with Gasteiger partial charge in [-0.25, -0.2) is 0 Å². The van der Waals surface area contributed by atoms with Crippen molar-refractivity contribution in [2.75, 3.05) is 14.2 Å². The van der Waals surface area contributed by atoms with Gasteiger partial charge < -0.3 is 14.2 Å². The van der Waals surface area contributed by atoms with E-state index in [4.69, 9.17) is 9.26 Å². The molecule has 0 aliphatic carbocycles. The highest BCUT2D eigenvalue weighted by Gasteiger charge is 2.11. The van der Waals surface area contributed by atoms with Gasteiger partial charge in [-0.2, -0.15) is 0 Å². The minimum Gasteiger partial charge on any atom is -0.497 e. The Morgan fingerprint density at radius 2 is 2.19 bits per heavy atom. The number of amides is 1. The lowest BCUT2D eigenvalue weighted by Crippen LogP contribution is -2.26. The van der Waals surface area contributed by atoms with Crippen molar-refractivity contribution in [2.45, 2.75) is 26.3 Å². The summed E-state index contributed by atoms with van der Waals surface area (Å²) in [5.74, 6) is 1.65. The van der Waals surface area contributed by atoms with Gasteiger partial charge in [0.1, 0.15) is 17.2 Å². The lowest BCUT2D eigenvalue weighted by Gasteiger charge is -2.15. The largest absolute Gasteiger partial charge is 0.497 e. The van der Waals surface area contributed by atoms with Crippen molar-refractivity contribution in [3.63, 3.8) is 0 Å². The van der Waals surface area contributed by atoms with E-state index in [1.165, 1.54) is 0 Å². The average molecular weight is 288 g/mol. The van der Waals surface area contributed by atoms with Crippen LogP contribution < -0.4 is 4.74 Å². The molecule has 0 spiro atoms. The number of aryl methyl sites for hydroxylation is 2. The van der Waals surface area contributed by atoms with Crippen LogP contribution in [0.25, 0.3) is 0 Å². The number of carbonyl (C=O) groups is 1. The first-order valence-electron chi connectivity index (χ1n) is 6.87. The fraction of sp³-hybridized carbons (Fsp3) is 0.375. The summed E-state index contributed by atoms with van der Waals surface area (Å²) in [6.07, 6.45) is 1.15. The van der Waals surface area contributed by atoms with Crippen LogP contribution in [0.15, 0.2) is 34.9 Å². The molecule has 21 heavy (non-hydrogen) atoms. The highest BCUT2D eigenvalue weighted by molar-refractivity contribution is 5.76. The summed E-state index contributed by atoms with van der Waals surface area (Å²) in [5.41, 5.74) is 1.86. The maximum absolute atomic E-state index is 12.1. The summed E-state index contributed by atoms with van der Waals surface area (Å²) < 4.78 is 10.2. The van der Waals surface area contributed by atoms with E-state index < -0.39 is 0 Å². The molecule has 0 aliphatic heterocycles. The number of hydrogen-bond acceptors (Lipinski definition) is 4. The van der Waals surface area contributed by atoms with Crippen molar-refractivity contribution < 1.29 is 14.1 Å². The molecule has 0 fully saturated rings. The van der Waals surface area contributed by atoms with Gasteiger partial charge in [0.2, 0.25) is 5.91 Å². The van der Waals surface area contributed by atoms with Gasteiger partial charge in [0, 0.05) is 19.5 Å². The molecule has 0 bridgehead atoms. The van der Waals surface area contributed by atoms with E-state index in [2.05, 4.69) is 5.16 Å². The summed E-state index contributed by atoms with van der Waals surface area (Å²) in [6, 6.07) is 9.61. The molecule has 1 amide bonds. The number of aromatic nitrogens is 1. The lowest BCUT2D eigenvalue weighted by atomic mass is 10.1. The molecule has 0 saturated carbocycles. The van der Waals surface area contributed by atoms with Gasteiger partial charge in [0.15, 0.2) is 0 Å². The molecule has 0 saturated heterocycles. The zero-order valence-electron chi connectivity index (χ0n) is 12.6. The van der Waals surface area contributed by atoms with Crippen LogP contribution in [0, 0.1) is 6.92 Å². The summed E-state index contributed by atoms with van der Waals surface area (Å²) in [7, 11) is 3.41. The Kier molecular flexibility index (Phi) is 4.98. The standard InChI is InChI=1S/C16H20N2O3/c1-12-9-14(17-21-12)11-18(2)16(19)8-7-13-5-4-6-15(10-13)20-3/h4-6,9-10H,7-8,11H2,1-3H3. The van der Waals surface area contributed by atoms with E-state index in [-0.39, 0.29) is 5.91 Å². The van der Waals surface area contributed by atoms with E-state index in [1.54, 1.807) is 19.1 Å². The van der Waals surface area contributed by atoms with Crippen LogP contribution in [0.4, 0.5) is 0 Å². The molecule has 1 heterocycles. The molecule has 0 N–H and O–H groups in total. The highest BCUT2D eigenvalue weighted by Crippen LogP contribution is 2.14. The second-order valence-corrected chi connectivity index (χ2v) is 5.03. The molecule has 1 aromatic carbocycles. The van der Waals surface area contributed by atoms with Crippen LogP contribution in [0.3, 0.4) is 0 Å². The van der Waals surface area contributed by atoms with E-state index in [0.717, 1.165) is 22.8 Å². The van der Waals surface area contributed by atoms with Gasteiger partial charge in [-0.3, -0.25) is 4.79 Å². The lowest BCUT2D eigenvalue weighted by molar-refractivity contribution is -0.130. The third-order valence-corrected chi connectivity index (χ3v) is 3.26. The Morgan fingerprint density at radius 3 is 2.86 bits per heavy atom. The van der Waals surface area contributed by atoms with Crippen molar-refractivity contribution >= 4 is 5.91 Å². The van der Waals surface area contributed by atoms with Crippen molar-refractivity contribution in [2.24, 2.45) is 0 Å². The van der Waals surface area contributed by atoms with E-state index >= 15 is 0 Å². The first-order valence-corrected chi connectivity index (χ1v) is 6.87. The van der Waals surface area contributed by atoms with Gasteiger partial charge in [-0.1, -0.05) is 17.3 Å². The van der Waals surface area contributed by atoms with Gasteiger partial charge in [-0.05, 0) is 31.0 Å². The van der Waals surface area contributed by atoms with Gasteiger partial charge in [0.05, 0.1) is 13.7 Å². The van der Waals surface area contributed by atoms with Gasteiger partial charge in [-0.15, -0.1) is 0 Å². The molecule has 0 unspecified atom stereocenters. The predicted molar refractivity (Wildman–Crippen MR) is 79.0 cm³/mol. The summed E-state index contributed by atoms with van der Waals surface area (Å²) in [4.78, 5) is 13.8. The third kappa shape index (κ3) is 4.34. The van der Waals surface area contributed by atoms with Gasteiger partial charge in [0.25, 0.3) is 0 Å². The number of carbonyl (C=O) groups excluding carboxylic acids is 1. The van der Waals surface area contributed by atoms with Crippen LogP contribution in [0.1, 0.15) is 23.4 Å². The molecule has 0 atom stereocenters. The minimum absolute atomic E-state index is 0.0819. The molecule has 1 aromatic heterocycles. The Balaban J connectivity index is 1.85. The molecular formula is C16H20N2O3. The van der Waals surface area contributed by atoms with Crippen molar-refractivity contribution in [3.8, 4) is 5.75 Å². The number of methoxy groups -OCH3 is 1. The quantitative estimate of drug-likeness (QED) is 0.820. The zero-order chi connectivity index (χ0) is 15.2. The van der Waals surface area contributed by atoms with Gasteiger partial charge >= 0.3 is 0 Å². The average Bonchev–Trinajstić information content (AvgIpc) is 2.90. The summed E-state index contributed by atoms with van der Waals surface area (Å²) in [6.45, 7) is 2.30.